The van der Waals surface area contributed by atoms with Gasteiger partial charge in [-0.3, -0.25) is 9.59 Å². The summed E-state index contributed by atoms with van der Waals surface area (Å²) in [5, 5.41) is 5.52. The fourth-order valence-corrected chi connectivity index (χ4v) is 4.16. The molecule has 170 valence electrons. The van der Waals surface area contributed by atoms with Crippen LogP contribution >= 0.6 is 0 Å². The topological polar surface area (TPSA) is 104 Å². The van der Waals surface area contributed by atoms with Crippen LogP contribution in [0.1, 0.15) is 40.2 Å². The Morgan fingerprint density at radius 1 is 0.968 bits per heavy atom. The molecule has 0 aromatic heterocycles. The third-order valence-electron chi connectivity index (χ3n) is 5.45. The smallest absolute Gasteiger partial charge is 0.252 e. The predicted molar refractivity (Wildman–Crippen MR) is 110 cm³/mol. The van der Waals surface area contributed by atoms with Gasteiger partial charge < -0.3 is 34.3 Å². The Hall–Kier alpha value is -2.04. The zero-order valence-electron chi connectivity index (χ0n) is 18.6. The van der Waals surface area contributed by atoms with Gasteiger partial charge in [-0.05, 0) is 59.2 Å². The number of benzene rings is 1. The largest absolute Gasteiger partial charge is 0.342 e. The highest BCUT2D eigenvalue weighted by Crippen LogP contribution is 2.44. The van der Waals surface area contributed by atoms with E-state index >= 15 is 0 Å². The van der Waals surface area contributed by atoms with Crippen LogP contribution in [-0.4, -0.2) is 60.1 Å². The van der Waals surface area contributed by atoms with Crippen LogP contribution < -0.4 is 10.6 Å². The Labute approximate surface area is 181 Å². The van der Waals surface area contributed by atoms with Crippen molar-refractivity contribution in [2.45, 2.75) is 89.9 Å². The van der Waals surface area contributed by atoms with Crippen LogP contribution in [0.4, 0.5) is 5.69 Å². The first-order valence-corrected chi connectivity index (χ1v) is 10.5. The highest BCUT2D eigenvalue weighted by Gasteiger charge is 2.62. The van der Waals surface area contributed by atoms with Gasteiger partial charge in [-0.2, -0.15) is 0 Å². The van der Waals surface area contributed by atoms with Crippen molar-refractivity contribution in [1.82, 2.24) is 5.32 Å². The molecule has 0 bridgehead atoms. The van der Waals surface area contributed by atoms with Crippen molar-refractivity contribution in [3.05, 3.63) is 29.8 Å². The summed E-state index contributed by atoms with van der Waals surface area (Å²) in [6, 6.07) is 6.64. The van der Waals surface area contributed by atoms with Gasteiger partial charge in [-0.15, -0.1) is 0 Å². The minimum atomic E-state index is -1.01. The lowest BCUT2D eigenvalue weighted by Gasteiger charge is -2.36. The van der Waals surface area contributed by atoms with Crippen LogP contribution in [0.15, 0.2) is 24.3 Å². The van der Waals surface area contributed by atoms with Crippen LogP contribution in [0.3, 0.4) is 0 Å². The van der Waals surface area contributed by atoms with Crippen LogP contribution in [0.5, 0.6) is 0 Å². The number of carbonyl (C=O) groups is 2. The average molecular weight is 434 g/mol. The maximum Gasteiger partial charge on any atom is 0.252 e. The predicted octanol–water partition coefficient (Wildman–Crippen LogP) is 1.83. The molecule has 4 rings (SSSR count). The highest BCUT2D eigenvalue weighted by atomic mass is 16.9. The second-order valence-electron chi connectivity index (χ2n) is 9.18. The molecule has 3 saturated heterocycles. The normalized spacial score (nSPS) is 33.8. The van der Waals surface area contributed by atoms with E-state index in [-0.39, 0.29) is 5.91 Å². The van der Waals surface area contributed by atoms with Crippen molar-refractivity contribution < 1.29 is 33.3 Å². The minimum absolute atomic E-state index is 0.338. The maximum atomic E-state index is 13.1. The van der Waals surface area contributed by atoms with Gasteiger partial charge in [0.05, 0.1) is 0 Å². The first-order chi connectivity index (χ1) is 14.4. The Morgan fingerprint density at radius 2 is 1.61 bits per heavy atom. The van der Waals surface area contributed by atoms with Crippen LogP contribution in [-0.2, 0) is 33.3 Å². The van der Waals surface area contributed by atoms with Gasteiger partial charge >= 0.3 is 0 Å². The van der Waals surface area contributed by atoms with Gasteiger partial charge in [-0.25, -0.2) is 0 Å². The summed E-state index contributed by atoms with van der Waals surface area (Å²) in [6.07, 6.45) is -3.54. The fourth-order valence-electron chi connectivity index (χ4n) is 4.16. The number of fused-ring (bicyclic) bond motifs is 3. The Morgan fingerprint density at radius 3 is 2.32 bits per heavy atom. The summed E-state index contributed by atoms with van der Waals surface area (Å²) >= 11 is 0. The number of amides is 2. The highest BCUT2D eigenvalue weighted by molar-refractivity contribution is 5.97. The number of carbonyl (C=O) groups excluding carboxylic acids is 2. The zero-order valence-corrected chi connectivity index (χ0v) is 18.6. The third kappa shape index (κ3) is 4.61. The van der Waals surface area contributed by atoms with Crippen LogP contribution in [0, 0.1) is 6.92 Å². The molecule has 3 aliphatic heterocycles. The Bertz CT molecular complexity index is 871. The number of ether oxygens (including phenoxy) is 5. The van der Waals surface area contributed by atoms with E-state index in [1.165, 1.54) is 0 Å². The Balaban J connectivity index is 1.45. The first kappa shape index (κ1) is 22.2. The molecule has 3 aliphatic rings. The average Bonchev–Trinajstić information content (AvgIpc) is 3.14. The lowest BCUT2D eigenvalue weighted by molar-refractivity contribution is -0.231. The summed E-state index contributed by atoms with van der Waals surface area (Å²) in [5.74, 6) is -2.59. The summed E-state index contributed by atoms with van der Waals surface area (Å²) in [6.45, 7) is 10.6. The number of anilines is 1. The maximum absolute atomic E-state index is 13.1. The van der Waals surface area contributed by atoms with Gasteiger partial charge in [0.25, 0.3) is 5.91 Å². The van der Waals surface area contributed by atoms with Crippen molar-refractivity contribution in [1.29, 1.82) is 0 Å². The first-order valence-electron chi connectivity index (χ1n) is 10.5. The molecule has 3 heterocycles. The molecular formula is C22H30N2O7. The SMILES string of the molecule is Cc1cccc(NC(=O)C(C)NC(=O)C2O[C@@H]3OC(C)(C)O[C@@H]3[C@H]3OC(C)(C)O[C@@H]23)c1. The molecule has 2 N–H and O–H groups in total. The zero-order chi connectivity index (χ0) is 22.6. The standard InChI is InChI=1S/C22H30N2O7/c1-11-8-7-9-13(10-11)24-18(25)12(2)23-19(26)16-14-15(29-21(3,4)28-14)17-20(27-16)31-22(5,6)30-17/h7-10,12,14-17,20H,1-6H3,(H,23,26)(H,24,25)/t12?,14-,15+,16?,17-,20-/m1/s1. The molecule has 0 aliphatic carbocycles. The van der Waals surface area contributed by atoms with E-state index in [2.05, 4.69) is 10.6 Å². The summed E-state index contributed by atoms with van der Waals surface area (Å²) in [4.78, 5) is 25.6. The molecular weight excluding hydrogens is 404 g/mol. The van der Waals surface area contributed by atoms with Crippen LogP contribution in [0.2, 0.25) is 0 Å². The number of hydrogen-bond donors (Lipinski definition) is 2. The van der Waals surface area contributed by atoms with Gasteiger partial charge in [0, 0.05) is 5.69 Å². The number of hydrogen-bond acceptors (Lipinski definition) is 7. The monoisotopic (exact) mass is 434 g/mol. The van der Waals surface area contributed by atoms with Gasteiger partial charge in [0.2, 0.25) is 5.91 Å². The number of nitrogens with one attached hydrogen (secondary N) is 2. The molecule has 0 spiro atoms. The van der Waals surface area contributed by atoms with Crippen molar-refractivity contribution in [2.24, 2.45) is 0 Å². The van der Waals surface area contributed by atoms with Crippen molar-refractivity contribution in [2.75, 3.05) is 5.32 Å². The van der Waals surface area contributed by atoms with Gasteiger partial charge in [0.1, 0.15) is 24.4 Å². The molecule has 3 fully saturated rings. The van der Waals surface area contributed by atoms with E-state index in [0.717, 1.165) is 5.56 Å². The summed E-state index contributed by atoms with van der Waals surface area (Å²) in [7, 11) is 0. The molecule has 0 radical (unpaired) electrons. The fraction of sp³-hybridized carbons (Fsp3) is 0.636. The van der Waals surface area contributed by atoms with Crippen LogP contribution in [0.25, 0.3) is 0 Å². The molecule has 2 unspecified atom stereocenters. The Kier molecular flexibility index (Phi) is 5.60. The molecule has 2 amide bonds. The molecule has 6 atom stereocenters. The third-order valence-corrected chi connectivity index (χ3v) is 5.45. The lowest BCUT2D eigenvalue weighted by Crippen LogP contribution is -2.60. The van der Waals surface area contributed by atoms with E-state index in [9.17, 15) is 9.59 Å². The van der Waals surface area contributed by atoms with E-state index in [4.69, 9.17) is 23.7 Å². The van der Waals surface area contributed by atoms with E-state index in [1.54, 1.807) is 40.7 Å². The molecule has 9 nitrogen and oxygen atoms in total. The lowest BCUT2D eigenvalue weighted by atomic mass is 9.98. The van der Waals surface area contributed by atoms with Crippen molar-refractivity contribution in [3.8, 4) is 0 Å². The summed E-state index contributed by atoms with van der Waals surface area (Å²) in [5.41, 5.74) is 1.68. The second kappa shape index (κ2) is 7.83. The molecule has 1 aromatic carbocycles. The molecule has 31 heavy (non-hydrogen) atoms. The quantitative estimate of drug-likeness (QED) is 0.745. The molecule has 0 saturated carbocycles. The molecule has 1 aromatic rings. The van der Waals surface area contributed by atoms with E-state index in [0.29, 0.717) is 5.69 Å². The molecule has 9 heteroatoms. The summed E-state index contributed by atoms with van der Waals surface area (Å²) < 4.78 is 29.7. The van der Waals surface area contributed by atoms with Gasteiger partial charge in [0.15, 0.2) is 24.0 Å². The number of aryl methyl sites for hydroxylation is 1. The van der Waals surface area contributed by atoms with Crippen molar-refractivity contribution >= 4 is 17.5 Å². The van der Waals surface area contributed by atoms with Gasteiger partial charge in [-0.1, -0.05) is 12.1 Å². The van der Waals surface area contributed by atoms with Crippen molar-refractivity contribution in [3.63, 3.8) is 0 Å². The second-order valence-corrected chi connectivity index (χ2v) is 9.18. The minimum Gasteiger partial charge on any atom is -0.342 e. The number of rotatable bonds is 4. The van der Waals surface area contributed by atoms with E-state index < -0.39 is 54.2 Å². The van der Waals surface area contributed by atoms with E-state index in [1.807, 2.05) is 25.1 Å².